The molecular formula is C17H20N6O4. The van der Waals surface area contributed by atoms with Gasteiger partial charge in [-0.05, 0) is 26.8 Å². The third-order valence-electron chi connectivity index (χ3n) is 3.99. The Morgan fingerprint density at radius 2 is 2.11 bits per heavy atom. The van der Waals surface area contributed by atoms with Gasteiger partial charge in [-0.3, -0.25) is 19.9 Å². The van der Waals surface area contributed by atoms with Crippen molar-refractivity contribution in [1.29, 1.82) is 0 Å². The molecule has 0 saturated carbocycles. The molecule has 2 aromatic heterocycles. The summed E-state index contributed by atoms with van der Waals surface area (Å²) in [7, 11) is 1.48. The Morgan fingerprint density at radius 3 is 2.74 bits per heavy atom. The lowest BCUT2D eigenvalue weighted by molar-refractivity contribution is -0.384. The standard InChI is InChI=1S/C17H20N6O4/c1-17(2,3)22-14-12(9-19-22)15(24)21-16(20-14)18-8-10-7-11(23(25)26)5-6-13(10)27-4/h5-7,9H,8H2,1-4H3,(H2,18,20,21,24). The summed E-state index contributed by atoms with van der Waals surface area (Å²) in [5.74, 6) is 0.739. The number of anilines is 1. The predicted octanol–water partition coefficient (Wildman–Crippen LogP) is 2.40. The normalized spacial score (nSPS) is 11.6. The number of methoxy groups -OCH3 is 1. The molecule has 0 bridgehead atoms. The summed E-state index contributed by atoms with van der Waals surface area (Å²) in [5.41, 5.74) is 0.321. The van der Waals surface area contributed by atoms with E-state index in [1.807, 2.05) is 20.8 Å². The summed E-state index contributed by atoms with van der Waals surface area (Å²) < 4.78 is 6.92. The predicted molar refractivity (Wildman–Crippen MR) is 100 cm³/mol. The zero-order chi connectivity index (χ0) is 19.8. The fourth-order valence-electron chi connectivity index (χ4n) is 2.69. The smallest absolute Gasteiger partial charge is 0.270 e. The molecule has 0 atom stereocenters. The summed E-state index contributed by atoms with van der Waals surface area (Å²) in [6, 6.07) is 4.32. The van der Waals surface area contributed by atoms with E-state index in [2.05, 4.69) is 20.4 Å². The summed E-state index contributed by atoms with van der Waals surface area (Å²) >= 11 is 0. The van der Waals surface area contributed by atoms with E-state index in [0.717, 1.165) is 0 Å². The number of hydrogen-bond donors (Lipinski definition) is 2. The summed E-state index contributed by atoms with van der Waals surface area (Å²) in [6.07, 6.45) is 1.49. The van der Waals surface area contributed by atoms with E-state index in [9.17, 15) is 14.9 Å². The minimum Gasteiger partial charge on any atom is -0.496 e. The van der Waals surface area contributed by atoms with Crippen LogP contribution in [0.25, 0.3) is 11.0 Å². The largest absolute Gasteiger partial charge is 0.496 e. The maximum Gasteiger partial charge on any atom is 0.270 e. The molecule has 142 valence electrons. The number of H-pyrrole nitrogens is 1. The van der Waals surface area contributed by atoms with Gasteiger partial charge in [0.2, 0.25) is 5.95 Å². The van der Waals surface area contributed by atoms with Gasteiger partial charge in [0, 0.05) is 24.2 Å². The van der Waals surface area contributed by atoms with E-state index in [1.165, 1.54) is 31.5 Å². The molecule has 0 aliphatic rings. The highest BCUT2D eigenvalue weighted by Crippen LogP contribution is 2.25. The molecule has 27 heavy (non-hydrogen) atoms. The fraction of sp³-hybridized carbons (Fsp3) is 0.353. The Kier molecular flexibility index (Phi) is 4.56. The Balaban J connectivity index is 1.95. The van der Waals surface area contributed by atoms with Gasteiger partial charge in [-0.1, -0.05) is 0 Å². The highest BCUT2D eigenvalue weighted by molar-refractivity contribution is 5.74. The number of non-ortho nitro benzene ring substituents is 1. The summed E-state index contributed by atoms with van der Waals surface area (Å²) in [5, 5.41) is 18.6. The third kappa shape index (κ3) is 3.59. The lowest BCUT2D eigenvalue weighted by atomic mass is 10.1. The van der Waals surface area contributed by atoms with Crippen molar-refractivity contribution >= 4 is 22.7 Å². The van der Waals surface area contributed by atoms with Crippen molar-refractivity contribution in [3.8, 4) is 5.75 Å². The molecule has 2 heterocycles. The van der Waals surface area contributed by atoms with Crippen LogP contribution in [0.1, 0.15) is 26.3 Å². The molecule has 0 aliphatic heterocycles. The first-order valence-electron chi connectivity index (χ1n) is 8.24. The SMILES string of the molecule is COc1ccc([N+](=O)[O-])cc1CNc1nc2c(cnn2C(C)(C)C)c(=O)[nH]1. The molecule has 0 saturated heterocycles. The van der Waals surface area contributed by atoms with Gasteiger partial charge >= 0.3 is 0 Å². The second-order valence-corrected chi connectivity index (χ2v) is 6.99. The summed E-state index contributed by atoms with van der Waals surface area (Å²) in [6.45, 7) is 6.07. The monoisotopic (exact) mass is 372 g/mol. The van der Waals surface area contributed by atoms with Crippen molar-refractivity contribution in [3.63, 3.8) is 0 Å². The highest BCUT2D eigenvalue weighted by atomic mass is 16.6. The molecule has 2 N–H and O–H groups in total. The molecule has 10 nitrogen and oxygen atoms in total. The number of ether oxygens (including phenoxy) is 1. The van der Waals surface area contributed by atoms with Crippen molar-refractivity contribution in [2.24, 2.45) is 0 Å². The molecule has 0 amide bonds. The first-order valence-corrected chi connectivity index (χ1v) is 8.24. The van der Waals surface area contributed by atoms with E-state index in [4.69, 9.17) is 4.74 Å². The van der Waals surface area contributed by atoms with Crippen LogP contribution in [-0.2, 0) is 12.1 Å². The van der Waals surface area contributed by atoms with Crippen LogP contribution in [0.2, 0.25) is 0 Å². The van der Waals surface area contributed by atoms with Crippen LogP contribution in [0.3, 0.4) is 0 Å². The van der Waals surface area contributed by atoms with Crippen LogP contribution in [0.5, 0.6) is 5.75 Å². The van der Waals surface area contributed by atoms with E-state index in [1.54, 1.807) is 4.68 Å². The lowest BCUT2D eigenvalue weighted by Gasteiger charge is -2.19. The van der Waals surface area contributed by atoms with Gasteiger partial charge in [0.25, 0.3) is 11.2 Å². The second kappa shape index (κ2) is 6.71. The van der Waals surface area contributed by atoms with Crippen molar-refractivity contribution in [1.82, 2.24) is 19.7 Å². The van der Waals surface area contributed by atoms with E-state index >= 15 is 0 Å². The first kappa shape index (κ1) is 18.4. The van der Waals surface area contributed by atoms with Gasteiger partial charge < -0.3 is 10.1 Å². The number of hydrogen-bond acceptors (Lipinski definition) is 7. The molecule has 3 rings (SSSR count). The van der Waals surface area contributed by atoms with E-state index in [0.29, 0.717) is 22.3 Å². The molecule has 0 fully saturated rings. The first-order chi connectivity index (χ1) is 12.7. The minimum atomic E-state index is -0.475. The van der Waals surface area contributed by atoms with Gasteiger partial charge in [-0.2, -0.15) is 10.1 Å². The number of aromatic nitrogens is 4. The number of benzene rings is 1. The highest BCUT2D eigenvalue weighted by Gasteiger charge is 2.20. The van der Waals surface area contributed by atoms with Crippen LogP contribution in [0.15, 0.2) is 29.2 Å². The zero-order valence-electron chi connectivity index (χ0n) is 15.4. The van der Waals surface area contributed by atoms with Gasteiger partial charge in [0.1, 0.15) is 11.1 Å². The number of aromatic amines is 1. The van der Waals surface area contributed by atoms with Crippen molar-refractivity contribution in [2.75, 3.05) is 12.4 Å². The van der Waals surface area contributed by atoms with Gasteiger partial charge in [0.15, 0.2) is 5.65 Å². The molecule has 0 spiro atoms. The maximum atomic E-state index is 12.3. The average molecular weight is 372 g/mol. The zero-order valence-corrected chi connectivity index (χ0v) is 15.4. The van der Waals surface area contributed by atoms with Crippen molar-refractivity contribution in [3.05, 3.63) is 50.4 Å². The van der Waals surface area contributed by atoms with Crippen LogP contribution < -0.4 is 15.6 Å². The third-order valence-corrected chi connectivity index (χ3v) is 3.99. The molecule has 0 aliphatic carbocycles. The number of nitro groups is 1. The van der Waals surface area contributed by atoms with Crippen LogP contribution >= 0.6 is 0 Å². The topological polar surface area (TPSA) is 128 Å². The van der Waals surface area contributed by atoms with Crippen LogP contribution in [0.4, 0.5) is 11.6 Å². The Bertz CT molecular complexity index is 1060. The Hall–Kier alpha value is -3.43. The number of fused-ring (bicyclic) bond motifs is 1. The van der Waals surface area contributed by atoms with Crippen LogP contribution in [0, 0.1) is 10.1 Å². The van der Waals surface area contributed by atoms with E-state index in [-0.39, 0.29) is 29.3 Å². The molecule has 10 heteroatoms. The Labute approximate surface area is 154 Å². The van der Waals surface area contributed by atoms with Gasteiger partial charge in [-0.25, -0.2) is 4.68 Å². The molecule has 1 aromatic carbocycles. The van der Waals surface area contributed by atoms with Gasteiger partial charge in [0.05, 0.1) is 23.8 Å². The average Bonchev–Trinajstić information content (AvgIpc) is 3.04. The maximum absolute atomic E-state index is 12.3. The molecular weight excluding hydrogens is 352 g/mol. The number of nitrogens with zero attached hydrogens (tertiary/aromatic N) is 4. The lowest BCUT2D eigenvalue weighted by Crippen LogP contribution is -2.24. The Morgan fingerprint density at radius 1 is 1.37 bits per heavy atom. The van der Waals surface area contributed by atoms with Crippen LogP contribution in [-0.4, -0.2) is 31.8 Å². The minimum absolute atomic E-state index is 0.0460. The van der Waals surface area contributed by atoms with Gasteiger partial charge in [-0.15, -0.1) is 0 Å². The number of nitro benzene ring substituents is 1. The van der Waals surface area contributed by atoms with Crippen molar-refractivity contribution in [2.45, 2.75) is 32.9 Å². The molecule has 0 radical (unpaired) electrons. The molecule has 3 aromatic rings. The number of nitrogens with one attached hydrogen (secondary N) is 2. The van der Waals surface area contributed by atoms with Crippen molar-refractivity contribution < 1.29 is 9.66 Å². The fourth-order valence-corrected chi connectivity index (χ4v) is 2.69. The quantitative estimate of drug-likeness (QED) is 0.520. The molecule has 0 unspecified atom stereocenters. The van der Waals surface area contributed by atoms with E-state index < -0.39 is 4.92 Å². The second-order valence-electron chi connectivity index (χ2n) is 6.99. The summed E-state index contributed by atoms with van der Waals surface area (Å²) in [4.78, 5) is 29.9. The number of rotatable bonds is 5.